The Balaban J connectivity index is 1.54. The molecular formula is C26H31ClN2O5S. The molecule has 0 fully saturated rings. The Labute approximate surface area is 211 Å². The highest BCUT2D eigenvalue weighted by Gasteiger charge is 2.20. The predicted molar refractivity (Wildman–Crippen MR) is 137 cm³/mol. The quantitative estimate of drug-likeness (QED) is 0.359. The van der Waals surface area contributed by atoms with E-state index >= 15 is 0 Å². The Bertz CT molecular complexity index is 1310. The fourth-order valence-corrected chi connectivity index (χ4v) is 4.65. The van der Waals surface area contributed by atoms with Gasteiger partial charge in [0.05, 0.1) is 22.7 Å². The number of halogens is 1. The Morgan fingerprint density at radius 3 is 2.23 bits per heavy atom. The average Bonchev–Trinajstić information content (AvgIpc) is 2.78. The second kappa shape index (κ2) is 10.9. The SMILES string of the molecule is Cc1ccc(S(=O)(=O)OC(C)CCc2ccc(COc3cnn(C(C)(C)C)c(=O)c3Cl)cc2)cc1. The van der Waals surface area contributed by atoms with Gasteiger partial charge in [-0.15, -0.1) is 0 Å². The molecule has 2 aromatic carbocycles. The van der Waals surface area contributed by atoms with Crippen LogP contribution in [0, 0.1) is 6.92 Å². The van der Waals surface area contributed by atoms with Crippen molar-refractivity contribution in [3.05, 3.63) is 86.8 Å². The molecule has 0 saturated carbocycles. The van der Waals surface area contributed by atoms with E-state index in [1.165, 1.54) is 10.9 Å². The summed E-state index contributed by atoms with van der Waals surface area (Å²) in [5, 5.41) is 4.17. The lowest BCUT2D eigenvalue weighted by Crippen LogP contribution is -2.36. The standard InChI is InChI=1S/C26H31ClN2O5S/c1-18-6-14-22(15-7-18)35(31,32)34-19(2)8-9-20-10-12-21(13-11-20)17-33-23-16-28-29(26(3,4)5)25(30)24(23)27/h6-7,10-16,19H,8-9,17H2,1-5H3. The monoisotopic (exact) mass is 518 g/mol. The molecule has 0 bridgehead atoms. The maximum atomic E-state index is 12.4. The molecule has 1 atom stereocenters. The number of ether oxygens (including phenoxy) is 1. The first-order valence-corrected chi connectivity index (χ1v) is 13.1. The molecule has 9 heteroatoms. The summed E-state index contributed by atoms with van der Waals surface area (Å²) in [6, 6.07) is 14.3. The molecule has 1 heterocycles. The Morgan fingerprint density at radius 1 is 1.03 bits per heavy atom. The maximum Gasteiger partial charge on any atom is 0.297 e. The second-order valence-electron chi connectivity index (χ2n) is 9.53. The first-order chi connectivity index (χ1) is 16.4. The van der Waals surface area contributed by atoms with Crippen molar-refractivity contribution in [2.24, 2.45) is 0 Å². The van der Waals surface area contributed by atoms with E-state index in [0.717, 1.165) is 16.7 Å². The molecule has 0 amide bonds. The molecule has 0 spiro atoms. The highest BCUT2D eigenvalue weighted by atomic mass is 35.5. The maximum absolute atomic E-state index is 12.4. The van der Waals surface area contributed by atoms with Gasteiger partial charge in [-0.25, -0.2) is 4.68 Å². The third-order valence-corrected chi connectivity index (χ3v) is 7.16. The van der Waals surface area contributed by atoms with Crippen molar-refractivity contribution >= 4 is 21.7 Å². The van der Waals surface area contributed by atoms with Crippen molar-refractivity contribution in [2.45, 2.75) is 70.6 Å². The van der Waals surface area contributed by atoms with Crippen LogP contribution in [0.25, 0.3) is 0 Å². The molecule has 0 aliphatic heterocycles. The zero-order valence-corrected chi connectivity index (χ0v) is 22.2. The summed E-state index contributed by atoms with van der Waals surface area (Å²) < 4.78 is 37.3. The van der Waals surface area contributed by atoms with E-state index in [-0.39, 0.29) is 22.3 Å². The third-order valence-electron chi connectivity index (χ3n) is 5.38. The fraction of sp³-hybridized carbons (Fsp3) is 0.385. The van der Waals surface area contributed by atoms with E-state index in [9.17, 15) is 13.2 Å². The first-order valence-electron chi connectivity index (χ1n) is 11.4. The van der Waals surface area contributed by atoms with Gasteiger partial charge in [-0.3, -0.25) is 8.98 Å². The van der Waals surface area contributed by atoms with E-state index in [1.54, 1.807) is 31.2 Å². The minimum absolute atomic E-state index is 0.00104. The van der Waals surface area contributed by atoms with E-state index in [1.807, 2.05) is 52.0 Å². The van der Waals surface area contributed by atoms with Gasteiger partial charge in [-0.05, 0) is 70.7 Å². The zero-order chi connectivity index (χ0) is 25.8. The van der Waals surface area contributed by atoms with Crippen LogP contribution in [0.3, 0.4) is 0 Å². The summed E-state index contributed by atoms with van der Waals surface area (Å²) in [4.78, 5) is 12.6. The van der Waals surface area contributed by atoms with Gasteiger partial charge in [0.2, 0.25) is 0 Å². The van der Waals surface area contributed by atoms with Gasteiger partial charge in [-0.2, -0.15) is 13.5 Å². The van der Waals surface area contributed by atoms with Crippen LogP contribution < -0.4 is 10.3 Å². The topological polar surface area (TPSA) is 87.5 Å². The van der Waals surface area contributed by atoms with Gasteiger partial charge in [0.25, 0.3) is 15.7 Å². The summed E-state index contributed by atoms with van der Waals surface area (Å²) in [6.07, 6.45) is 2.20. The number of rotatable bonds is 9. The largest absolute Gasteiger partial charge is 0.485 e. The Kier molecular flexibility index (Phi) is 8.41. The van der Waals surface area contributed by atoms with E-state index in [4.69, 9.17) is 20.5 Å². The molecule has 35 heavy (non-hydrogen) atoms. The van der Waals surface area contributed by atoms with Gasteiger partial charge in [0.1, 0.15) is 6.61 Å². The molecule has 3 rings (SSSR count). The van der Waals surface area contributed by atoms with Crippen molar-refractivity contribution in [3.8, 4) is 5.75 Å². The van der Waals surface area contributed by atoms with Crippen molar-refractivity contribution < 1.29 is 17.3 Å². The van der Waals surface area contributed by atoms with Crippen LogP contribution in [0.5, 0.6) is 5.75 Å². The van der Waals surface area contributed by atoms with Crippen LogP contribution in [0.2, 0.25) is 5.02 Å². The average molecular weight is 519 g/mol. The van der Waals surface area contributed by atoms with Gasteiger partial charge in [0, 0.05) is 0 Å². The third kappa shape index (κ3) is 7.16. The molecule has 1 aromatic heterocycles. The van der Waals surface area contributed by atoms with Gasteiger partial charge in [0.15, 0.2) is 10.8 Å². The summed E-state index contributed by atoms with van der Waals surface area (Å²) in [7, 11) is -3.79. The van der Waals surface area contributed by atoms with Crippen molar-refractivity contribution in [1.82, 2.24) is 9.78 Å². The number of aromatic nitrogens is 2. The van der Waals surface area contributed by atoms with E-state index in [2.05, 4.69) is 5.10 Å². The van der Waals surface area contributed by atoms with Crippen LogP contribution in [-0.2, 0) is 32.9 Å². The highest BCUT2D eigenvalue weighted by Crippen LogP contribution is 2.22. The number of aryl methyl sites for hydroxylation is 2. The zero-order valence-electron chi connectivity index (χ0n) is 20.6. The summed E-state index contributed by atoms with van der Waals surface area (Å²) in [5.74, 6) is 0.238. The molecule has 0 radical (unpaired) electrons. The highest BCUT2D eigenvalue weighted by molar-refractivity contribution is 7.86. The van der Waals surface area contributed by atoms with Gasteiger partial charge in [-0.1, -0.05) is 53.6 Å². The molecule has 1 unspecified atom stereocenters. The first kappa shape index (κ1) is 26.9. The van der Waals surface area contributed by atoms with Crippen molar-refractivity contribution in [2.75, 3.05) is 0 Å². The molecule has 3 aromatic rings. The fourth-order valence-electron chi connectivity index (χ4n) is 3.35. The summed E-state index contributed by atoms with van der Waals surface area (Å²) in [5.41, 5.74) is 2.05. The minimum Gasteiger partial charge on any atom is -0.485 e. The summed E-state index contributed by atoms with van der Waals surface area (Å²) in [6.45, 7) is 9.49. The summed E-state index contributed by atoms with van der Waals surface area (Å²) >= 11 is 6.21. The van der Waals surface area contributed by atoms with Crippen molar-refractivity contribution in [1.29, 1.82) is 0 Å². The number of hydrogen-bond donors (Lipinski definition) is 0. The minimum atomic E-state index is -3.79. The van der Waals surface area contributed by atoms with Crippen LogP contribution >= 0.6 is 11.6 Å². The lowest BCUT2D eigenvalue weighted by Gasteiger charge is -2.21. The second-order valence-corrected chi connectivity index (χ2v) is 11.5. The Hall–Kier alpha value is -2.68. The lowest BCUT2D eigenvalue weighted by atomic mass is 10.1. The predicted octanol–water partition coefficient (Wildman–Crippen LogP) is 5.27. The Morgan fingerprint density at radius 2 is 1.63 bits per heavy atom. The molecule has 0 N–H and O–H groups in total. The van der Waals surface area contributed by atoms with Crippen molar-refractivity contribution in [3.63, 3.8) is 0 Å². The molecule has 0 saturated heterocycles. The normalized spacial score (nSPS) is 13.0. The van der Waals surface area contributed by atoms with Crippen LogP contribution in [0.15, 0.2) is 64.4 Å². The smallest absolute Gasteiger partial charge is 0.297 e. The number of nitrogens with zero attached hydrogens (tertiary/aromatic N) is 2. The van der Waals surface area contributed by atoms with Crippen LogP contribution in [0.1, 0.15) is 50.8 Å². The van der Waals surface area contributed by atoms with Crippen LogP contribution in [0.4, 0.5) is 0 Å². The van der Waals surface area contributed by atoms with E-state index < -0.39 is 27.3 Å². The molecule has 0 aliphatic rings. The molecule has 0 aliphatic carbocycles. The number of benzene rings is 2. The van der Waals surface area contributed by atoms with E-state index in [0.29, 0.717) is 12.8 Å². The lowest BCUT2D eigenvalue weighted by molar-refractivity contribution is 0.218. The van der Waals surface area contributed by atoms with Gasteiger partial charge >= 0.3 is 0 Å². The van der Waals surface area contributed by atoms with Crippen LogP contribution in [-0.4, -0.2) is 24.3 Å². The van der Waals surface area contributed by atoms with Gasteiger partial charge < -0.3 is 4.74 Å². The molecule has 7 nitrogen and oxygen atoms in total. The number of hydrogen-bond acceptors (Lipinski definition) is 6. The molecular weight excluding hydrogens is 488 g/mol. The molecule has 188 valence electrons.